The lowest BCUT2D eigenvalue weighted by atomic mass is 9.58. The number of ether oxygens (including phenoxy) is 3. The second-order valence-corrected chi connectivity index (χ2v) is 15.2. The summed E-state index contributed by atoms with van der Waals surface area (Å²) in [6, 6.07) is 0. The fourth-order valence-corrected chi connectivity index (χ4v) is 6.91. The third-order valence-corrected chi connectivity index (χ3v) is 12.5. The lowest BCUT2D eigenvalue weighted by Crippen LogP contribution is -2.76. The van der Waals surface area contributed by atoms with E-state index < -0.39 is 31.2 Å². The number of fused-ring (bicyclic) bond motifs is 2. The van der Waals surface area contributed by atoms with Crippen LogP contribution in [0.3, 0.4) is 0 Å². The number of hydrogen-bond acceptors (Lipinski definition) is 5. The van der Waals surface area contributed by atoms with Crippen LogP contribution in [-0.2, 0) is 23.4 Å². The maximum absolute atomic E-state index is 13.9. The Kier molecular flexibility index (Phi) is 4.72. The largest absolute Gasteiger partial charge is 0.407 e. The minimum absolute atomic E-state index is 0.0552. The first-order valence-corrected chi connectivity index (χ1v) is 13.6. The molecule has 27 heavy (non-hydrogen) atoms. The van der Waals surface area contributed by atoms with Crippen LogP contribution in [0.15, 0.2) is 0 Å². The third-order valence-electron chi connectivity index (χ3n) is 7.98. The van der Waals surface area contributed by atoms with E-state index in [0.717, 1.165) is 45.1 Å². The summed E-state index contributed by atoms with van der Waals surface area (Å²) in [5.74, 6) is 0.118. The lowest BCUT2D eigenvalue weighted by Gasteiger charge is -2.59. The van der Waals surface area contributed by atoms with E-state index in [1.807, 2.05) is 0 Å². The van der Waals surface area contributed by atoms with Crippen LogP contribution in [0.5, 0.6) is 0 Å². The molecule has 0 amide bonds. The molecule has 3 aliphatic heterocycles. The molecule has 4 rings (SSSR count). The highest BCUT2D eigenvalue weighted by molar-refractivity contribution is 6.74. The molecule has 4 fully saturated rings. The van der Waals surface area contributed by atoms with E-state index >= 15 is 0 Å². The maximum Gasteiger partial charge on any atom is 0.195 e. The van der Waals surface area contributed by atoms with Crippen LogP contribution in [0.1, 0.15) is 65.7 Å². The quantitative estimate of drug-likeness (QED) is 0.661. The van der Waals surface area contributed by atoms with Crippen LogP contribution in [0, 0.1) is 0 Å². The summed E-state index contributed by atoms with van der Waals surface area (Å²) >= 11 is 0. The van der Waals surface area contributed by atoms with Gasteiger partial charge in [-0.15, -0.1) is 0 Å². The van der Waals surface area contributed by atoms with E-state index in [-0.39, 0.29) is 10.8 Å². The highest BCUT2D eigenvalue weighted by Gasteiger charge is 2.75. The van der Waals surface area contributed by atoms with E-state index in [9.17, 15) is 4.79 Å². The van der Waals surface area contributed by atoms with Crippen molar-refractivity contribution < 1.29 is 23.4 Å². The minimum Gasteiger partial charge on any atom is -0.407 e. The Morgan fingerprint density at radius 2 is 1.59 bits per heavy atom. The molecule has 0 N–H and O–H groups in total. The zero-order valence-corrected chi connectivity index (χ0v) is 18.7. The Labute approximate surface area is 164 Å². The molecule has 6 heteroatoms. The molecular weight excluding hydrogens is 360 g/mol. The number of ketones is 1. The van der Waals surface area contributed by atoms with Crippen LogP contribution >= 0.6 is 0 Å². The van der Waals surface area contributed by atoms with Crippen LogP contribution in [0.25, 0.3) is 0 Å². The molecule has 0 unspecified atom stereocenters. The Morgan fingerprint density at radius 1 is 0.963 bits per heavy atom. The minimum atomic E-state index is -2.09. The predicted octanol–water partition coefficient (Wildman–Crippen LogP) is 4.00. The Balaban J connectivity index is 1.76. The second kappa shape index (κ2) is 6.36. The van der Waals surface area contributed by atoms with E-state index in [2.05, 4.69) is 33.9 Å². The SMILES string of the molecule is CC(C)(C)[Si](C)(C)O[C@@H]1C[C@]2(CCCO2)[C@@]2(CCCO2)[C@]2(CCCO2)C1=O. The number of Topliss-reactive ketones (excluding diaryl/α,β-unsaturated/α-hetero) is 1. The summed E-state index contributed by atoms with van der Waals surface area (Å²) in [7, 11) is -2.09. The summed E-state index contributed by atoms with van der Waals surface area (Å²) in [5.41, 5.74) is -1.97. The van der Waals surface area contributed by atoms with Gasteiger partial charge < -0.3 is 18.6 Å². The maximum atomic E-state index is 13.9. The average Bonchev–Trinajstić information content (AvgIpc) is 3.31. The number of rotatable bonds is 2. The van der Waals surface area contributed by atoms with Gasteiger partial charge in [-0.25, -0.2) is 0 Å². The van der Waals surface area contributed by atoms with E-state index in [1.165, 1.54) is 0 Å². The molecule has 3 heterocycles. The normalized spacial score (nSPS) is 42.9. The summed E-state index contributed by atoms with van der Waals surface area (Å²) in [4.78, 5) is 13.9. The summed E-state index contributed by atoms with van der Waals surface area (Å²) < 4.78 is 26.0. The fraction of sp³-hybridized carbons (Fsp3) is 0.952. The molecule has 0 bridgehead atoms. The van der Waals surface area contributed by atoms with Gasteiger partial charge in [-0.2, -0.15) is 0 Å². The van der Waals surface area contributed by atoms with Gasteiger partial charge in [0.25, 0.3) is 0 Å². The predicted molar refractivity (Wildman–Crippen MR) is 105 cm³/mol. The molecule has 5 nitrogen and oxygen atoms in total. The molecule has 3 spiro atoms. The first-order chi connectivity index (χ1) is 12.6. The number of carbonyl (C=O) groups excluding carboxylic acids is 1. The van der Waals surface area contributed by atoms with Gasteiger partial charge >= 0.3 is 0 Å². The van der Waals surface area contributed by atoms with Gasteiger partial charge in [0.05, 0.1) is 0 Å². The van der Waals surface area contributed by atoms with Gasteiger partial charge in [0.15, 0.2) is 19.7 Å². The van der Waals surface area contributed by atoms with E-state index in [4.69, 9.17) is 18.6 Å². The first kappa shape index (κ1) is 20.0. The van der Waals surface area contributed by atoms with Gasteiger partial charge in [0, 0.05) is 26.2 Å². The lowest BCUT2D eigenvalue weighted by molar-refractivity contribution is -0.271. The van der Waals surface area contributed by atoms with E-state index in [0.29, 0.717) is 19.6 Å². The summed E-state index contributed by atoms with van der Waals surface area (Å²) in [6.45, 7) is 13.2. The van der Waals surface area contributed by atoms with Crippen molar-refractivity contribution >= 4 is 14.1 Å². The van der Waals surface area contributed by atoms with Crippen molar-refractivity contribution in [1.82, 2.24) is 0 Å². The molecule has 0 aromatic rings. The van der Waals surface area contributed by atoms with Gasteiger partial charge in [-0.05, 0) is 56.7 Å². The van der Waals surface area contributed by atoms with Gasteiger partial charge in [0.2, 0.25) is 0 Å². The molecule has 4 aliphatic rings. The number of hydrogen-bond donors (Lipinski definition) is 0. The highest BCUT2D eigenvalue weighted by atomic mass is 28.4. The van der Waals surface area contributed by atoms with Crippen molar-refractivity contribution in [2.75, 3.05) is 19.8 Å². The van der Waals surface area contributed by atoms with Crippen LogP contribution in [0.4, 0.5) is 0 Å². The first-order valence-electron chi connectivity index (χ1n) is 10.7. The summed E-state index contributed by atoms with van der Waals surface area (Å²) in [6.07, 6.45) is 5.57. The van der Waals surface area contributed by atoms with Crippen LogP contribution in [0.2, 0.25) is 18.1 Å². The van der Waals surface area contributed by atoms with Gasteiger partial charge in [-0.3, -0.25) is 4.79 Å². The molecule has 0 aromatic heterocycles. The molecule has 0 aromatic carbocycles. The molecule has 0 radical (unpaired) electrons. The topological polar surface area (TPSA) is 54.0 Å². The van der Waals surface area contributed by atoms with Gasteiger partial charge in [0.1, 0.15) is 17.3 Å². The molecule has 1 saturated carbocycles. The standard InChI is InChI=1S/C21H36O5Si/c1-18(2,3)27(4,5)26-16-15-19(9-6-12-23-19)21(11-8-14-25-21)20(17(16)22)10-7-13-24-20/h16H,6-15H2,1-5H3/t16-,19-,20+,21+/m1/s1. The van der Waals surface area contributed by atoms with Crippen molar-refractivity contribution in [3.8, 4) is 0 Å². The Hall–Kier alpha value is -0.273. The number of carbonyl (C=O) groups is 1. The fourth-order valence-electron chi connectivity index (χ4n) is 5.66. The van der Waals surface area contributed by atoms with Crippen molar-refractivity contribution in [3.05, 3.63) is 0 Å². The molecule has 3 saturated heterocycles. The Morgan fingerprint density at radius 3 is 2.11 bits per heavy atom. The summed E-state index contributed by atoms with van der Waals surface area (Å²) in [5, 5.41) is 0.0552. The zero-order chi connectivity index (χ0) is 19.6. The smallest absolute Gasteiger partial charge is 0.195 e. The van der Waals surface area contributed by atoms with Crippen molar-refractivity contribution in [2.24, 2.45) is 0 Å². The average molecular weight is 397 g/mol. The van der Waals surface area contributed by atoms with Crippen molar-refractivity contribution in [3.63, 3.8) is 0 Å². The molecular formula is C21H36O5Si. The van der Waals surface area contributed by atoms with E-state index in [1.54, 1.807) is 0 Å². The molecule has 1 aliphatic carbocycles. The van der Waals surface area contributed by atoms with Gasteiger partial charge in [-0.1, -0.05) is 20.8 Å². The highest BCUT2D eigenvalue weighted by Crippen LogP contribution is 2.60. The monoisotopic (exact) mass is 396 g/mol. The van der Waals surface area contributed by atoms with Crippen molar-refractivity contribution in [1.29, 1.82) is 0 Å². The molecule has 154 valence electrons. The second-order valence-electron chi connectivity index (χ2n) is 10.4. The van der Waals surface area contributed by atoms with Crippen LogP contribution < -0.4 is 0 Å². The molecule has 4 atom stereocenters. The zero-order valence-electron chi connectivity index (χ0n) is 17.7. The van der Waals surface area contributed by atoms with Crippen LogP contribution in [-0.4, -0.2) is 56.8 Å². The third kappa shape index (κ3) is 2.66. The Bertz CT molecular complexity index is 590. The van der Waals surface area contributed by atoms with Crippen molar-refractivity contribution in [2.45, 2.75) is 107 Å².